The molecular formula is C16H15FN4O6. The van der Waals surface area contributed by atoms with Crippen LogP contribution in [-0.2, 0) is 21.4 Å². The molecular weight excluding hydrogens is 363 g/mol. The Kier molecular flexibility index (Phi) is 4.75. The van der Waals surface area contributed by atoms with Crippen LogP contribution in [-0.4, -0.2) is 46.0 Å². The number of rotatable bonds is 4. The maximum absolute atomic E-state index is 14.5. The molecule has 0 atom stereocenters. The minimum Gasteiger partial charge on any atom is -0.481 e. The summed E-state index contributed by atoms with van der Waals surface area (Å²) in [4.78, 5) is 48.7. The molecule has 0 saturated heterocycles. The maximum atomic E-state index is 14.5. The summed E-state index contributed by atoms with van der Waals surface area (Å²) in [5.74, 6) is -2.01. The van der Waals surface area contributed by atoms with E-state index in [4.69, 9.17) is 9.47 Å². The van der Waals surface area contributed by atoms with Gasteiger partial charge in [-0.05, 0) is 13.0 Å². The third kappa shape index (κ3) is 3.30. The number of aromatic nitrogens is 3. The smallest absolute Gasteiger partial charge is 0.352 e. The lowest BCUT2D eigenvalue weighted by atomic mass is 10.2. The Morgan fingerprint density at radius 3 is 2.74 bits per heavy atom. The number of anilines is 1. The Hall–Kier alpha value is -3.50. The first-order valence-electron chi connectivity index (χ1n) is 7.91. The third-order valence-electron chi connectivity index (χ3n) is 3.87. The predicted octanol–water partition coefficient (Wildman–Crippen LogP) is -0.641. The van der Waals surface area contributed by atoms with E-state index in [2.05, 4.69) is 5.10 Å². The number of amides is 1. The number of hydrogen-bond donors (Lipinski definition) is 0. The summed E-state index contributed by atoms with van der Waals surface area (Å²) in [5, 5.41) is 3.65. The van der Waals surface area contributed by atoms with Crippen molar-refractivity contribution < 1.29 is 23.5 Å². The first-order chi connectivity index (χ1) is 12.8. The van der Waals surface area contributed by atoms with Crippen molar-refractivity contribution in [3.8, 4) is 11.4 Å². The van der Waals surface area contributed by atoms with Gasteiger partial charge in [-0.1, -0.05) is 0 Å². The number of halogens is 1. The summed E-state index contributed by atoms with van der Waals surface area (Å²) >= 11 is 0. The summed E-state index contributed by atoms with van der Waals surface area (Å²) in [7, 11) is 1.22. The molecule has 1 aliphatic rings. The van der Waals surface area contributed by atoms with E-state index in [1.807, 2.05) is 0 Å². The SMILES string of the molecule is CCOC(=O)CN1C(=O)COc2cc(F)c(-n3ncc(=O)n(C)c3=O)cc21. The van der Waals surface area contributed by atoms with E-state index >= 15 is 0 Å². The molecule has 11 heteroatoms. The first-order valence-corrected chi connectivity index (χ1v) is 7.91. The highest BCUT2D eigenvalue weighted by Crippen LogP contribution is 2.35. The normalized spacial score (nSPS) is 13.1. The van der Waals surface area contributed by atoms with Gasteiger partial charge in [-0.25, -0.2) is 9.18 Å². The largest absolute Gasteiger partial charge is 0.481 e. The van der Waals surface area contributed by atoms with Crippen LogP contribution in [0.15, 0.2) is 27.9 Å². The van der Waals surface area contributed by atoms with Crippen LogP contribution < -0.4 is 20.9 Å². The van der Waals surface area contributed by atoms with Crippen molar-refractivity contribution in [2.75, 3.05) is 24.7 Å². The lowest BCUT2D eigenvalue weighted by Crippen LogP contribution is -2.43. The number of carbonyl (C=O) groups excluding carboxylic acids is 2. The van der Waals surface area contributed by atoms with Crippen molar-refractivity contribution in [2.45, 2.75) is 6.92 Å². The zero-order chi connectivity index (χ0) is 19.7. The lowest BCUT2D eigenvalue weighted by Gasteiger charge is -2.29. The number of carbonyl (C=O) groups is 2. The number of benzene rings is 1. The Balaban J connectivity index is 2.13. The molecule has 27 heavy (non-hydrogen) atoms. The predicted molar refractivity (Wildman–Crippen MR) is 89.5 cm³/mol. The van der Waals surface area contributed by atoms with Crippen molar-refractivity contribution >= 4 is 17.6 Å². The van der Waals surface area contributed by atoms with Gasteiger partial charge in [-0.15, -0.1) is 0 Å². The molecule has 0 spiro atoms. The molecule has 0 aliphatic carbocycles. The molecule has 2 heterocycles. The van der Waals surface area contributed by atoms with Crippen LogP contribution in [0, 0.1) is 5.82 Å². The Morgan fingerprint density at radius 2 is 2.04 bits per heavy atom. The Bertz CT molecular complexity index is 1040. The van der Waals surface area contributed by atoms with E-state index in [1.165, 1.54) is 7.05 Å². The molecule has 0 saturated carbocycles. The second-order valence-corrected chi connectivity index (χ2v) is 5.58. The van der Waals surface area contributed by atoms with Crippen LogP contribution in [0.3, 0.4) is 0 Å². The summed E-state index contributed by atoms with van der Waals surface area (Å²) in [6.07, 6.45) is 0.859. The third-order valence-corrected chi connectivity index (χ3v) is 3.87. The number of esters is 1. The van der Waals surface area contributed by atoms with Crippen LogP contribution in [0.5, 0.6) is 5.75 Å². The van der Waals surface area contributed by atoms with E-state index in [9.17, 15) is 23.6 Å². The van der Waals surface area contributed by atoms with Crippen molar-refractivity contribution in [1.29, 1.82) is 0 Å². The zero-order valence-electron chi connectivity index (χ0n) is 14.5. The molecule has 1 aromatic carbocycles. The van der Waals surface area contributed by atoms with Gasteiger partial charge in [-0.2, -0.15) is 9.78 Å². The molecule has 1 aromatic heterocycles. The summed E-state index contributed by atoms with van der Waals surface area (Å²) in [6.45, 7) is 0.988. The Labute approximate surface area is 151 Å². The van der Waals surface area contributed by atoms with Crippen molar-refractivity contribution in [2.24, 2.45) is 7.05 Å². The minimum absolute atomic E-state index is 0.0259. The van der Waals surface area contributed by atoms with Crippen molar-refractivity contribution in [3.05, 3.63) is 45.0 Å². The standard InChI is InChI=1S/C16H15FN4O6/c1-3-26-15(24)7-20-11-5-10(9(17)4-12(11)27-8-14(20)23)21-16(25)19(2)13(22)6-18-21/h4-6H,3,7-8H2,1-2H3. The molecule has 10 nitrogen and oxygen atoms in total. The van der Waals surface area contributed by atoms with Crippen LogP contribution in [0.25, 0.3) is 5.69 Å². The van der Waals surface area contributed by atoms with Crippen molar-refractivity contribution in [3.63, 3.8) is 0 Å². The molecule has 0 unspecified atom stereocenters. The number of fused-ring (bicyclic) bond motifs is 1. The minimum atomic E-state index is -0.874. The van der Waals surface area contributed by atoms with E-state index in [0.717, 1.165) is 27.8 Å². The maximum Gasteiger partial charge on any atom is 0.352 e. The number of hydrogen-bond acceptors (Lipinski definition) is 7. The van der Waals surface area contributed by atoms with Gasteiger partial charge in [0, 0.05) is 13.1 Å². The highest BCUT2D eigenvalue weighted by molar-refractivity contribution is 6.01. The molecule has 2 aromatic rings. The molecule has 0 radical (unpaired) electrons. The molecule has 0 N–H and O–H groups in total. The number of ether oxygens (including phenoxy) is 2. The second kappa shape index (κ2) is 7.02. The fourth-order valence-corrected chi connectivity index (χ4v) is 2.53. The van der Waals surface area contributed by atoms with E-state index in [-0.39, 0.29) is 30.3 Å². The number of nitrogens with zero attached hydrogens (tertiary/aromatic N) is 4. The lowest BCUT2D eigenvalue weighted by molar-refractivity contribution is -0.142. The van der Waals surface area contributed by atoms with Gasteiger partial charge in [0.2, 0.25) is 0 Å². The molecule has 0 bridgehead atoms. The van der Waals surface area contributed by atoms with Gasteiger partial charge >= 0.3 is 11.7 Å². The van der Waals surface area contributed by atoms with Gasteiger partial charge in [0.05, 0.1) is 12.3 Å². The fraction of sp³-hybridized carbons (Fsp3) is 0.312. The molecule has 3 rings (SSSR count). The van der Waals surface area contributed by atoms with Crippen LogP contribution in [0.4, 0.5) is 10.1 Å². The average Bonchev–Trinajstić information content (AvgIpc) is 2.63. The zero-order valence-corrected chi connectivity index (χ0v) is 14.5. The average molecular weight is 378 g/mol. The topological polar surface area (TPSA) is 113 Å². The van der Waals surface area contributed by atoms with Gasteiger partial charge in [0.25, 0.3) is 11.5 Å². The van der Waals surface area contributed by atoms with Gasteiger partial charge in [0.15, 0.2) is 12.4 Å². The summed E-state index contributed by atoms with van der Waals surface area (Å²) in [5.41, 5.74) is -1.75. The second-order valence-electron chi connectivity index (χ2n) is 5.58. The quantitative estimate of drug-likeness (QED) is 0.650. The van der Waals surface area contributed by atoms with Crippen LogP contribution >= 0.6 is 0 Å². The molecule has 1 amide bonds. The van der Waals surface area contributed by atoms with E-state index < -0.39 is 35.5 Å². The fourth-order valence-electron chi connectivity index (χ4n) is 2.53. The summed E-state index contributed by atoms with van der Waals surface area (Å²) in [6, 6.07) is 2.13. The highest BCUT2D eigenvalue weighted by Gasteiger charge is 2.30. The highest BCUT2D eigenvalue weighted by atomic mass is 19.1. The van der Waals surface area contributed by atoms with Gasteiger partial charge in [0.1, 0.15) is 24.2 Å². The monoisotopic (exact) mass is 378 g/mol. The van der Waals surface area contributed by atoms with Crippen LogP contribution in [0.1, 0.15) is 6.92 Å². The molecule has 1 aliphatic heterocycles. The van der Waals surface area contributed by atoms with Crippen LogP contribution in [0.2, 0.25) is 0 Å². The van der Waals surface area contributed by atoms with Gasteiger partial charge in [-0.3, -0.25) is 23.9 Å². The van der Waals surface area contributed by atoms with E-state index in [1.54, 1.807) is 6.92 Å². The molecule has 0 fully saturated rings. The summed E-state index contributed by atoms with van der Waals surface area (Å²) < 4.78 is 26.0. The first kappa shape index (κ1) is 18.3. The van der Waals surface area contributed by atoms with E-state index in [0.29, 0.717) is 4.68 Å². The van der Waals surface area contributed by atoms with Crippen molar-refractivity contribution in [1.82, 2.24) is 14.3 Å². The Morgan fingerprint density at radius 1 is 1.30 bits per heavy atom. The van der Waals surface area contributed by atoms with Gasteiger partial charge < -0.3 is 9.47 Å². The molecule has 142 valence electrons.